The number of hydrogen-bond donors (Lipinski definition) is 2. The van der Waals surface area contributed by atoms with Crippen LogP contribution in [0, 0.1) is 0 Å². The van der Waals surface area contributed by atoms with E-state index in [1.54, 1.807) is 13.2 Å². The van der Waals surface area contributed by atoms with E-state index in [0.717, 1.165) is 16.7 Å². The molecule has 0 radical (unpaired) electrons. The second kappa shape index (κ2) is 6.11. The highest BCUT2D eigenvalue weighted by molar-refractivity contribution is 7.80. The zero-order valence-corrected chi connectivity index (χ0v) is 12.5. The van der Waals surface area contributed by atoms with Gasteiger partial charge < -0.3 is 9.72 Å². The molecule has 2 rings (SSSR count). The summed E-state index contributed by atoms with van der Waals surface area (Å²) in [4.78, 5) is 20.8. The number of thiol groups is 1. The standard InChI is InChI=1S/C14H17N3O2S/c1-17(2)14(20)15-8-10-6-9-7-11(19-3)4-5-12(9)16-13(10)18/h4-8,14,20H,1-3H3,(H,16,18)/b15-8+. The number of aromatic amines is 1. The number of ether oxygens (including phenoxy) is 1. The maximum Gasteiger partial charge on any atom is 0.257 e. The van der Waals surface area contributed by atoms with Gasteiger partial charge in [-0.3, -0.25) is 14.7 Å². The lowest BCUT2D eigenvalue weighted by Gasteiger charge is -2.13. The monoisotopic (exact) mass is 291 g/mol. The molecule has 1 aromatic heterocycles. The van der Waals surface area contributed by atoms with Gasteiger partial charge in [0.1, 0.15) is 11.2 Å². The minimum absolute atomic E-state index is 0.175. The maximum absolute atomic E-state index is 12.0. The molecule has 0 saturated carbocycles. The highest BCUT2D eigenvalue weighted by Crippen LogP contribution is 2.18. The first-order chi connectivity index (χ1) is 9.51. The fraction of sp³-hybridized carbons (Fsp3) is 0.286. The van der Waals surface area contributed by atoms with Crippen LogP contribution in [-0.4, -0.2) is 42.8 Å². The van der Waals surface area contributed by atoms with Crippen LogP contribution in [0.25, 0.3) is 10.9 Å². The normalized spacial score (nSPS) is 13.2. The van der Waals surface area contributed by atoms with Crippen LogP contribution in [0.1, 0.15) is 5.56 Å². The van der Waals surface area contributed by atoms with Gasteiger partial charge in [0.2, 0.25) is 0 Å². The summed E-state index contributed by atoms with van der Waals surface area (Å²) in [6.45, 7) is 0. The van der Waals surface area contributed by atoms with Gasteiger partial charge in [0.05, 0.1) is 12.7 Å². The maximum atomic E-state index is 12.0. The van der Waals surface area contributed by atoms with Crippen LogP contribution in [0.15, 0.2) is 34.1 Å². The molecule has 5 nitrogen and oxygen atoms in total. The van der Waals surface area contributed by atoms with E-state index in [0.29, 0.717) is 5.56 Å². The van der Waals surface area contributed by atoms with Gasteiger partial charge in [-0.05, 0) is 38.4 Å². The number of rotatable bonds is 4. The number of hydrogen-bond acceptors (Lipinski definition) is 5. The molecule has 0 saturated heterocycles. The van der Waals surface area contributed by atoms with Crippen LogP contribution in [0.5, 0.6) is 5.75 Å². The number of methoxy groups -OCH3 is 1. The predicted molar refractivity (Wildman–Crippen MR) is 85.2 cm³/mol. The van der Waals surface area contributed by atoms with Gasteiger partial charge in [0, 0.05) is 17.1 Å². The summed E-state index contributed by atoms with van der Waals surface area (Å²) in [6.07, 6.45) is 1.54. The summed E-state index contributed by atoms with van der Waals surface area (Å²) in [5.41, 5.74) is 0.802. The van der Waals surface area contributed by atoms with Gasteiger partial charge >= 0.3 is 0 Å². The van der Waals surface area contributed by atoms with E-state index in [1.165, 1.54) is 6.21 Å². The Bertz CT molecular complexity index is 694. The zero-order chi connectivity index (χ0) is 14.7. The Labute approximate surface area is 122 Å². The minimum atomic E-state index is -0.282. The molecular formula is C14H17N3O2S. The average molecular weight is 291 g/mol. The molecule has 106 valence electrons. The Morgan fingerprint density at radius 3 is 2.80 bits per heavy atom. The lowest BCUT2D eigenvalue weighted by atomic mass is 10.1. The van der Waals surface area contributed by atoms with E-state index < -0.39 is 0 Å². The second-order valence-electron chi connectivity index (χ2n) is 4.60. The highest BCUT2D eigenvalue weighted by atomic mass is 32.1. The first-order valence-electron chi connectivity index (χ1n) is 6.10. The van der Waals surface area contributed by atoms with E-state index in [9.17, 15) is 4.79 Å². The molecule has 1 aromatic carbocycles. The zero-order valence-electron chi connectivity index (χ0n) is 11.6. The van der Waals surface area contributed by atoms with Crippen molar-refractivity contribution in [2.45, 2.75) is 5.50 Å². The van der Waals surface area contributed by atoms with Crippen LogP contribution in [-0.2, 0) is 0 Å². The van der Waals surface area contributed by atoms with E-state index in [1.807, 2.05) is 37.2 Å². The van der Waals surface area contributed by atoms with Gasteiger partial charge in [0.25, 0.3) is 5.56 Å². The number of aromatic nitrogens is 1. The molecule has 0 aliphatic heterocycles. The van der Waals surface area contributed by atoms with Gasteiger partial charge in [-0.1, -0.05) is 0 Å². The third kappa shape index (κ3) is 3.20. The molecule has 20 heavy (non-hydrogen) atoms. The van der Waals surface area contributed by atoms with Crippen LogP contribution >= 0.6 is 12.6 Å². The van der Waals surface area contributed by atoms with E-state index >= 15 is 0 Å². The molecule has 0 bridgehead atoms. The lowest BCUT2D eigenvalue weighted by Crippen LogP contribution is -2.21. The number of fused-ring (bicyclic) bond motifs is 1. The summed E-state index contributed by atoms with van der Waals surface area (Å²) in [5.74, 6) is 0.743. The first kappa shape index (κ1) is 14.6. The molecule has 0 fully saturated rings. The molecule has 0 spiro atoms. The van der Waals surface area contributed by atoms with E-state index in [2.05, 4.69) is 22.6 Å². The average Bonchev–Trinajstić information content (AvgIpc) is 2.44. The first-order valence-corrected chi connectivity index (χ1v) is 6.61. The van der Waals surface area contributed by atoms with Crippen molar-refractivity contribution in [1.82, 2.24) is 9.88 Å². The summed E-state index contributed by atoms with van der Waals surface area (Å²) in [5, 5.41) is 0.894. The second-order valence-corrected chi connectivity index (χ2v) is 5.06. The van der Waals surface area contributed by atoms with Crippen molar-refractivity contribution in [1.29, 1.82) is 0 Å². The molecule has 1 heterocycles. The third-order valence-corrected chi connectivity index (χ3v) is 3.48. The number of nitrogens with one attached hydrogen (secondary N) is 1. The van der Waals surface area contributed by atoms with Crippen LogP contribution in [0.4, 0.5) is 0 Å². The predicted octanol–water partition coefficient (Wildman–Crippen LogP) is 1.73. The Morgan fingerprint density at radius 1 is 1.40 bits per heavy atom. The summed E-state index contributed by atoms with van der Waals surface area (Å²) in [6, 6.07) is 7.28. The topological polar surface area (TPSA) is 57.7 Å². The van der Waals surface area contributed by atoms with Crippen LogP contribution < -0.4 is 10.3 Å². The number of pyridine rings is 1. The minimum Gasteiger partial charge on any atom is -0.497 e. The van der Waals surface area contributed by atoms with Crippen molar-refractivity contribution in [3.05, 3.63) is 40.2 Å². The van der Waals surface area contributed by atoms with Crippen molar-refractivity contribution in [3.63, 3.8) is 0 Å². The molecule has 2 aromatic rings. The number of nitrogens with zero attached hydrogens (tertiary/aromatic N) is 2. The quantitative estimate of drug-likeness (QED) is 0.512. The molecule has 1 atom stereocenters. The fourth-order valence-corrected chi connectivity index (χ4v) is 1.77. The van der Waals surface area contributed by atoms with E-state index in [-0.39, 0.29) is 11.1 Å². The summed E-state index contributed by atoms with van der Waals surface area (Å²) >= 11 is 4.29. The Hall–Kier alpha value is -1.79. The van der Waals surface area contributed by atoms with Gasteiger partial charge in [-0.15, -0.1) is 12.6 Å². The number of H-pyrrole nitrogens is 1. The van der Waals surface area contributed by atoms with Crippen LogP contribution in [0.3, 0.4) is 0 Å². The molecule has 6 heteroatoms. The summed E-state index contributed by atoms with van der Waals surface area (Å²) < 4.78 is 5.18. The van der Waals surface area contributed by atoms with Gasteiger partial charge in [-0.25, -0.2) is 0 Å². The van der Waals surface area contributed by atoms with E-state index in [4.69, 9.17) is 4.74 Å². The smallest absolute Gasteiger partial charge is 0.257 e. The molecule has 0 aliphatic rings. The largest absolute Gasteiger partial charge is 0.497 e. The molecule has 0 amide bonds. The van der Waals surface area contributed by atoms with Gasteiger partial charge in [-0.2, -0.15) is 0 Å². The highest BCUT2D eigenvalue weighted by Gasteiger charge is 2.04. The lowest BCUT2D eigenvalue weighted by molar-refractivity contribution is 0.395. The molecule has 1 N–H and O–H groups in total. The van der Waals surface area contributed by atoms with Crippen LogP contribution in [0.2, 0.25) is 0 Å². The number of benzene rings is 1. The van der Waals surface area contributed by atoms with Crippen molar-refractivity contribution < 1.29 is 4.74 Å². The summed E-state index contributed by atoms with van der Waals surface area (Å²) in [7, 11) is 5.34. The van der Waals surface area contributed by atoms with Crippen molar-refractivity contribution in [2.24, 2.45) is 4.99 Å². The SMILES string of the molecule is COc1ccc2[nH]c(=O)c(/C=N/C(S)N(C)C)cc2c1. The molecule has 1 unspecified atom stereocenters. The Morgan fingerprint density at radius 2 is 2.15 bits per heavy atom. The third-order valence-electron chi connectivity index (χ3n) is 2.89. The van der Waals surface area contributed by atoms with Crippen molar-refractivity contribution in [2.75, 3.05) is 21.2 Å². The Balaban J connectivity index is 2.43. The molecular weight excluding hydrogens is 274 g/mol. The van der Waals surface area contributed by atoms with Crippen molar-refractivity contribution in [3.8, 4) is 5.75 Å². The van der Waals surface area contributed by atoms with Crippen molar-refractivity contribution >= 4 is 29.7 Å². The molecule has 0 aliphatic carbocycles. The number of aliphatic imine (C=N–C) groups is 1. The van der Waals surface area contributed by atoms with Gasteiger partial charge in [0.15, 0.2) is 0 Å². The fourth-order valence-electron chi connectivity index (χ4n) is 1.70. The Kier molecular flexibility index (Phi) is 4.46.